The number of halogens is 1. The van der Waals surface area contributed by atoms with Crippen molar-refractivity contribution < 1.29 is 4.79 Å². The molecule has 156 valence electrons. The number of aromatic nitrogens is 3. The zero-order valence-corrected chi connectivity index (χ0v) is 18.4. The van der Waals surface area contributed by atoms with Crippen LogP contribution in [0.15, 0.2) is 48.5 Å². The van der Waals surface area contributed by atoms with Gasteiger partial charge in [0, 0.05) is 17.1 Å². The first-order chi connectivity index (χ1) is 14.5. The SMILES string of the molecule is Cc1ccccc1-n1c(-c2ccc(Cl)cc2)nn(CN2CCCC[C@H]2C(N)=O)c1=S. The van der Waals surface area contributed by atoms with Gasteiger partial charge in [0.2, 0.25) is 10.7 Å². The first kappa shape index (κ1) is 20.8. The number of aryl methyl sites for hydroxylation is 1. The minimum atomic E-state index is -0.294. The normalized spacial score (nSPS) is 17.2. The van der Waals surface area contributed by atoms with Crippen molar-refractivity contribution in [1.29, 1.82) is 0 Å². The number of carbonyl (C=O) groups excluding carboxylic acids is 1. The van der Waals surface area contributed by atoms with Crippen LogP contribution in [0.1, 0.15) is 24.8 Å². The van der Waals surface area contributed by atoms with Crippen molar-refractivity contribution in [3.63, 3.8) is 0 Å². The van der Waals surface area contributed by atoms with Crippen LogP contribution in [0.5, 0.6) is 0 Å². The molecule has 0 unspecified atom stereocenters. The highest BCUT2D eigenvalue weighted by atomic mass is 35.5. The Balaban J connectivity index is 1.82. The Kier molecular flexibility index (Phi) is 6.04. The summed E-state index contributed by atoms with van der Waals surface area (Å²) >= 11 is 11.9. The number of rotatable bonds is 5. The fourth-order valence-corrected chi connectivity index (χ4v) is 4.38. The molecule has 30 heavy (non-hydrogen) atoms. The Morgan fingerprint density at radius 2 is 1.93 bits per heavy atom. The molecule has 0 aliphatic carbocycles. The van der Waals surface area contributed by atoms with Crippen LogP contribution in [-0.4, -0.2) is 37.7 Å². The van der Waals surface area contributed by atoms with Crippen LogP contribution in [0.2, 0.25) is 5.02 Å². The summed E-state index contributed by atoms with van der Waals surface area (Å²) in [6.45, 7) is 3.27. The molecule has 1 atom stereocenters. The number of carbonyl (C=O) groups is 1. The lowest BCUT2D eigenvalue weighted by molar-refractivity contribution is -0.125. The number of para-hydroxylation sites is 1. The Bertz CT molecular complexity index is 1120. The minimum Gasteiger partial charge on any atom is -0.368 e. The first-order valence-corrected chi connectivity index (χ1v) is 10.8. The van der Waals surface area contributed by atoms with E-state index in [1.807, 2.05) is 60.0 Å². The van der Waals surface area contributed by atoms with Crippen LogP contribution in [0, 0.1) is 11.7 Å². The van der Waals surface area contributed by atoms with Gasteiger partial charge in [0.1, 0.15) is 0 Å². The Labute approximate surface area is 185 Å². The second-order valence-electron chi connectivity index (χ2n) is 7.60. The highest BCUT2D eigenvalue weighted by Crippen LogP contribution is 2.26. The fraction of sp³-hybridized carbons (Fsp3) is 0.318. The maximum absolute atomic E-state index is 11.9. The number of likely N-dealkylation sites (tertiary alicyclic amines) is 1. The van der Waals surface area contributed by atoms with E-state index in [2.05, 4.69) is 4.90 Å². The third kappa shape index (κ3) is 4.05. The number of piperidine rings is 1. The number of nitrogens with two attached hydrogens (primary N) is 1. The molecule has 2 heterocycles. The van der Waals surface area contributed by atoms with Crippen molar-refractivity contribution >= 4 is 29.7 Å². The topological polar surface area (TPSA) is 69.1 Å². The van der Waals surface area contributed by atoms with Gasteiger partial charge in [0.15, 0.2) is 5.82 Å². The number of hydrogen-bond acceptors (Lipinski definition) is 4. The number of primary amides is 1. The standard InChI is InChI=1S/C22H24ClN5OS/c1-15-6-2-3-7-18(15)28-21(16-9-11-17(23)12-10-16)25-27(22(28)30)14-26-13-5-4-8-19(26)20(24)29/h2-3,6-7,9-12,19H,4-5,8,13-14H2,1H3,(H2,24,29)/t19-/m0/s1. The second-order valence-corrected chi connectivity index (χ2v) is 8.40. The van der Waals surface area contributed by atoms with Crippen LogP contribution >= 0.6 is 23.8 Å². The van der Waals surface area contributed by atoms with Crippen molar-refractivity contribution in [3.05, 3.63) is 63.9 Å². The van der Waals surface area contributed by atoms with Gasteiger partial charge in [-0.15, -0.1) is 5.10 Å². The largest absolute Gasteiger partial charge is 0.368 e. The first-order valence-electron chi connectivity index (χ1n) is 10.0. The summed E-state index contributed by atoms with van der Waals surface area (Å²) in [5.74, 6) is 0.441. The summed E-state index contributed by atoms with van der Waals surface area (Å²) in [5, 5.41) is 5.52. The van der Waals surface area contributed by atoms with Crippen LogP contribution < -0.4 is 5.73 Å². The van der Waals surface area contributed by atoms with E-state index in [4.69, 9.17) is 34.7 Å². The predicted molar refractivity (Wildman–Crippen MR) is 121 cm³/mol. The molecule has 0 saturated carbocycles. The van der Waals surface area contributed by atoms with E-state index in [0.717, 1.165) is 48.4 Å². The lowest BCUT2D eigenvalue weighted by atomic mass is 10.0. The van der Waals surface area contributed by atoms with Gasteiger partial charge >= 0.3 is 0 Å². The van der Waals surface area contributed by atoms with E-state index in [-0.39, 0.29) is 11.9 Å². The smallest absolute Gasteiger partial charge is 0.234 e. The lowest BCUT2D eigenvalue weighted by Gasteiger charge is -2.33. The average Bonchev–Trinajstić information content (AvgIpc) is 3.05. The van der Waals surface area contributed by atoms with Gasteiger partial charge in [-0.25, -0.2) is 4.68 Å². The molecular weight excluding hydrogens is 418 g/mol. The summed E-state index contributed by atoms with van der Waals surface area (Å²) in [5.41, 5.74) is 8.63. The van der Waals surface area contributed by atoms with Crippen molar-refractivity contribution in [2.24, 2.45) is 5.73 Å². The molecule has 8 heteroatoms. The highest BCUT2D eigenvalue weighted by molar-refractivity contribution is 7.71. The van der Waals surface area contributed by atoms with E-state index in [1.54, 1.807) is 4.68 Å². The van der Waals surface area contributed by atoms with E-state index in [1.165, 1.54) is 0 Å². The third-order valence-electron chi connectivity index (χ3n) is 5.56. The number of benzene rings is 2. The van der Waals surface area contributed by atoms with E-state index in [0.29, 0.717) is 16.5 Å². The monoisotopic (exact) mass is 441 g/mol. The molecule has 3 aromatic rings. The van der Waals surface area contributed by atoms with Crippen LogP contribution in [0.3, 0.4) is 0 Å². The zero-order chi connectivity index (χ0) is 21.3. The quantitative estimate of drug-likeness (QED) is 0.598. The van der Waals surface area contributed by atoms with E-state index < -0.39 is 0 Å². The molecule has 0 bridgehead atoms. The van der Waals surface area contributed by atoms with Crippen molar-refractivity contribution in [1.82, 2.24) is 19.2 Å². The second kappa shape index (κ2) is 8.71. The maximum atomic E-state index is 11.9. The average molecular weight is 442 g/mol. The number of hydrogen-bond donors (Lipinski definition) is 1. The van der Waals surface area contributed by atoms with Gasteiger partial charge in [0.25, 0.3) is 0 Å². The van der Waals surface area contributed by atoms with Crippen molar-refractivity contribution in [3.8, 4) is 17.1 Å². The molecule has 1 fully saturated rings. The maximum Gasteiger partial charge on any atom is 0.234 e. The van der Waals surface area contributed by atoms with E-state index in [9.17, 15) is 4.79 Å². The predicted octanol–water partition coefficient (Wildman–Crippen LogP) is 4.33. The molecule has 2 aromatic carbocycles. The zero-order valence-electron chi connectivity index (χ0n) is 16.8. The Hall–Kier alpha value is -2.48. The third-order valence-corrected chi connectivity index (χ3v) is 6.20. The molecule has 2 N–H and O–H groups in total. The van der Waals surface area contributed by atoms with Gasteiger partial charge < -0.3 is 5.73 Å². The summed E-state index contributed by atoms with van der Waals surface area (Å²) in [7, 11) is 0. The minimum absolute atomic E-state index is 0.289. The van der Waals surface area contributed by atoms with Crippen molar-refractivity contribution in [2.75, 3.05) is 6.54 Å². The van der Waals surface area contributed by atoms with Crippen LogP contribution in [0.4, 0.5) is 0 Å². The van der Waals surface area contributed by atoms with Gasteiger partial charge in [-0.1, -0.05) is 36.2 Å². The van der Waals surface area contributed by atoms with Gasteiger partial charge in [-0.2, -0.15) is 0 Å². The lowest BCUT2D eigenvalue weighted by Crippen LogP contribution is -2.48. The molecule has 0 radical (unpaired) electrons. The molecule has 4 rings (SSSR count). The Morgan fingerprint density at radius 3 is 2.63 bits per heavy atom. The number of amides is 1. The summed E-state index contributed by atoms with van der Waals surface area (Å²) in [4.78, 5) is 14.0. The Morgan fingerprint density at radius 1 is 1.20 bits per heavy atom. The van der Waals surface area contributed by atoms with Crippen molar-refractivity contribution in [2.45, 2.75) is 38.9 Å². The molecule has 1 amide bonds. The molecule has 1 aromatic heterocycles. The highest BCUT2D eigenvalue weighted by Gasteiger charge is 2.28. The molecular formula is C22H24ClN5OS. The summed E-state index contributed by atoms with van der Waals surface area (Å²) in [6.07, 6.45) is 2.80. The fourth-order valence-electron chi connectivity index (χ4n) is 3.97. The van der Waals surface area contributed by atoms with Gasteiger partial charge in [0.05, 0.1) is 18.4 Å². The summed E-state index contributed by atoms with van der Waals surface area (Å²) < 4.78 is 4.34. The molecule has 0 spiro atoms. The van der Waals surface area contributed by atoms with Crippen LogP contribution in [0.25, 0.3) is 17.1 Å². The molecule has 1 aliphatic heterocycles. The van der Waals surface area contributed by atoms with E-state index >= 15 is 0 Å². The summed E-state index contributed by atoms with van der Waals surface area (Å²) in [6, 6.07) is 15.3. The van der Waals surface area contributed by atoms with Gasteiger partial charge in [-0.05, 0) is 67.9 Å². The van der Waals surface area contributed by atoms with Gasteiger partial charge in [-0.3, -0.25) is 14.3 Å². The van der Waals surface area contributed by atoms with Crippen LogP contribution in [-0.2, 0) is 11.5 Å². The number of nitrogens with zero attached hydrogens (tertiary/aromatic N) is 4. The molecule has 6 nitrogen and oxygen atoms in total. The molecule has 1 aliphatic rings. The molecule has 1 saturated heterocycles.